The summed E-state index contributed by atoms with van der Waals surface area (Å²) < 4.78 is 5.56. The van der Waals surface area contributed by atoms with Crippen LogP contribution in [0.15, 0.2) is 0 Å². The van der Waals surface area contributed by atoms with Crippen LogP contribution in [0.25, 0.3) is 0 Å². The van der Waals surface area contributed by atoms with Crippen molar-refractivity contribution in [1.29, 1.82) is 0 Å². The van der Waals surface area contributed by atoms with Gasteiger partial charge in [0.2, 0.25) is 0 Å². The quantitative estimate of drug-likeness (QED) is 0.534. The van der Waals surface area contributed by atoms with Gasteiger partial charge < -0.3 is 10.1 Å². The van der Waals surface area contributed by atoms with Crippen molar-refractivity contribution in [3.63, 3.8) is 0 Å². The van der Waals surface area contributed by atoms with E-state index in [2.05, 4.69) is 33.0 Å². The van der Waals surface area contributed by atoms with Gasteiger partial charge in [-0.05, 0) is 27.2 Å². The number of halogens is 1. The van der Waals surface area contributed by atoms with Crippen LogP contribution in [-0.2, 0) is 4.74 Å². The summed E-state index contributed by atoms with van der Waals surface area (Å²) in [7, 11) is 0. The maximum absolute atomic E-state index is 5.73. The fraction of sp³-hybridized carbons (Fsp3) is 1.00. The van der Waals surface area contributed by atoms with Gasteiger partial charge in [-0.15, -0.1) is 11.6 Å². The van der Waals surface area contributed by atoms with Gasteiger partial charge in [-0.1, -0.05) is 6.92 Å². The maximum Gasteiger partial charge on any atom is 0.0599 e. The lowest BCUT2D eigenvalue weighted by molar-refractivity contribution is -0.00146. The van der Waals surface area contributed by atoms with Crippen molar-refractivity contribution < 1.29 is 4.74 Å². The minimum absolute atomic E-state index is 0.0373. The molecule has 13 heavy (non-hydrogen) atoms. The second kappa shape index (κ2) is 6.63. The Labute approximate surface area is 87.0 Å². The molecule has 0 aliphatic heterocycles. The van der Waals surface area contributed by atoms with Crippen LogP contribution in [0.3, 0.4) is 0 Å². The molecule has 1 N–H and O–H groups in total. The predicted molar refractivity (Wildman–Crippen MR) is 58.5 cm³/mol. The molecule has 0 fully saturated rings. The molecule has 0 saturated heterocycles. The van der Waals surface area contributed by atoms with Gasteiger partial charge in [-0.3, -0.25) is 0 Å². The molecule has 0 spiro atoms. The molecular formula is C10H22ClNO. The topological polar surface area (TPSA) is 21.3 Å². The average Bonchev–Trinajstić information content (AvgIpc) is 2.03. The first-order valence-corrected chi connectivity index (χ1v) is 5.46. The lowest BCUT2D eigenvalue weighted by Crippen LogP contribution is -2.34. The summed E-state index contributed by atoms with van der Waals surface area (Å²) in [5.41, 5.74) is -0.0373. The van der Waals surface area contributed by atoms with E-state index in [1.807, 2.05) is 0 Å². The molecule has 0 rings (SSSR count). The molecule has 0 aromatic heterocycles. The van der Waals surface area contributed by atoms with Crippen molar-refractivity contribution >= 4 is 11.6 Å². The summed E-state index contributed by atoms with van der Waals surface area (Å²) >= 11 is 5.73. The van der Waals surface area contributed by atoms with Gasteiger partial charge in [0.15, 0.2) is 0 Å². The highest BCUT2D eigenvalue weighted by Crippen LogP contribution is 2.05. The number of hydrogen-bond acceptors (Lipinski definition) is 2. The first kappa shape index (κ1) is 13.2. The molecular weight excluding hydrogens is 186 g/mol. The molecule has 0 radical (unpaired) electrons. The molecule has 0 bridgehead atoms. The van der Waals surface area contributed by atoms with Crippen molar-refractivity contribution in [2.75, 3.05) is 19.0 Å². The Morgan fingerprint density at radius 1 is 1.38 bits per heavy atom. The van der Waals surface area contributed by atoms with Gasteiger partial charge >= 0.3 is 0 Å². The Bertz CT molecular complexity index is 119. The summed E-state index contributed by atoms with van der Waals surface area (Å²) in [4.78, 5) is 0. The predicted octanol–water partition coefficient (Wildman–Crippen LogP) is 2.41. The Balaban J connectivity index is 3.34. The van der Waals surface area contributed by atoms with E-state index >= 15 is 0 Å². The Hall–Kier alpha value is 0.210. The van der Waals surface area contributed by atoms with Crippen LogP contribution < -0.4 is 5.32 Å². The van der Waals surface area contributed by atoms with Crippen LogP contribution in [0.2, 0.25) is 0 Å². The molecule has 80 valence electrons. The van der Waals surface area contributed by atoms with Gasteiger partial charge in [0.1, 0.15) is 0 Å². The molecule has 0 aliphatic rings. The van der Waals surface area contributed by atoms with E-state index in [-0.39, 0.29) is 5.60 Å². The number of ether oxygens (including phenoxy) is 1. The highest BCUT2D eigenvalue weighted by Gasteiger charge is 2.09. The maximum atomic E-state index is 5.73. The monoisotopic (exact) mass is 207 g/mol. The molecule has 0 heterocycles. The minimum atomic E-state index is -0.0373. The standard InChI is InChI=1S/C10H22ClNO/c1-5-9(8-11)12-6-7-13-10(2,3)4/h9,12H,5-8H2,1-4H3. The molecule has 1 atom stereocenters. The normalized spacial score (nSPS) is 14.5. The zero-order valence-electron chi connectivity index (χ0n) is 9.19. The van der Waals surface area contributed by atoms with Crippen molar-refractivity contribution in [2.45, 2.75) is 45.8 Å². The van der Waals surface area contributed by atoms with Crippen LogP contribution in [-0.4, -0.2) is 30.7 Å². The van der Waals surface area contributed by atoms with Gasteiger partial charge in [-0.25, -0.2) is 0 Å². The van der Waals surface area contributed by atoms with Gasteiger partial charge in [-0.2, -0.15) is 0 Å². The smallest absolute Gasteiger partial charge is 0.0599 e. The summed E-state index contributed by atoms with van der Waals surface area (Å²) in [5.74, 6) is 0.673. The number of alkyl halides is 1. The summed E-state index contributed by atoms with van der Waals surface area (Å²) in [6.07, 6.45) is 1.07. The summed E-state index contributed by atoms with van der Waals surface area (Å²) in [6, 6.07) is 0.422. The molecule has 3 heteroatoms. The second-order valence-corrected chi connectivity index (χ2v) is 4.48. The molecule has 0 aromatic carbocycles. The first-order valence-electron chi connectivity index (χ1n) is 4.93. The second-order valence-electron chi connectivity index (χ2n) is 4.17. The van der Waals surface area contributed by atoms with E-state index in [0.29, 0.717) is 11.9 Å². The zero-order valence-corrected chi connectivity index (χ0v) is 9.95. The van der Waals surface area contributed by atoms with Gasteiger partial charge in [0.25, 0.3) is 0 Å². The average molecular weight is 208 g/mol. The SMILES string of the molecule is CCC(CCl)NCCOC(C)(C)C. The third-order valence-electron chi connectivity index (χ3n) is 1.75. The van der Waals surface area contributed by atoms with E-state index in [0.717, 1.165) is 19.6 Å². The van der Waals surface area contributed by atoms with Crippen molar-refractivity contribution in [2.24, 2.45) is 0 Å². The van der Waals surface area contributed by atoms with Crippen LogP contribution in [0.4, 0.5) is 0 Å². The minimum Gasteiger partial charge on any atom is -0.375 e. The lowest BCUT2D eigenvalue weighted by Gasteiger charge is -2.21. The Morgan fingerprint density at radius 2 is 2.00 bits per heavy atom. The summed E-state index contributed by atoms with van der Waals surface area (Å²) in [5, 5.41) is 3.33. The number of rotatable bonds is 6. The molecule has 1 unspecified atom stereocenters. The molecule has 0 aliphatic carbocycles. The number of hydrogen-bond donors (Lipinski definition) is 1. The van der Waals surface area contributed by atoms with Crippen LogP contribution in [0.1, 0.15) is 34.1 Å². The van der Waals surface area contributed by atoms with E-state index in [4.69, 9.17) is 16.3 Å². The first-order chi connectivity index (χ1) is 5.99. The van der Waals surface area contributed by atoms with Crippen molar-refractivity contribution in [3.8, 4) is 0 Å². The third-order valence-corrected chi connectivity index (χ3v) is 2.12. The van der Waals surface area contributed by atoms with E-state index in [9.17, 15) is 0 Å². The largest absolute Gasteiger partial charge is 0.375 e. The van der Waals surface area contributed by atoms with E-state index in [1.54, 1.807) is 0 Å². The van der Waals surface area contributed by atoms with Crippen molar-refractivity contribution in [3.05, 3.63) is 0 Å². The highest BCUT2D eigenvalue weighted by atomic mass is 35.5. The fourth-order valence-corrected chi connectivity index (χ4v) is 1.26. The Morgan fingerprint density at radius 3 is 2.38 bits per heavy atom. The molecule has 2 nitrogen and oxygen atoms in total. The zero-order chi connectivity index (χ0) is 10.3. The third kappa shape index (κ3) is 8.54. The van der Waals surface area contributed by atoms with Crippen molar-refractivity contribution in [1.82, 2.24) is 5.32 Å². The molecule has 0 amide bonds. The fourth-order valence-electron chi connectivity index (χ4n) is 0.928. The van der Waals surface area contributed by atoms with Crippen LogP contribution in [0, 0.1) is 0 Å². The van der Waals surface area contributed by atoms with E-state index in [1.165, 1.54) is 0 Å². The lowest BCUT2D eigenvalue weighted by atomic mass is 10.2. The van der Waals surface area contributed by atoms with Gasteiger partial charge in [0.05, 0.1) is 12.2 Å². The molecule has 0 saturated carbocycles. The molecule has 0 aromatic rings. The van der Waals surface area contributed by atoms with E-state index < -0.39 is 0 Å². The number of nitrogens with one attached hydrogen (secondary N) is 1. The van der Waals surface area contributed by atoms with Gasteiger partial charge in [0, 0.05) is 18.5 Å². The summed E-state index contributed by atoms with van der Waals surface area (Å²) in [6.45, 7) is 9.94. The highest BCUT2D eigenvalue weighted by molar-refractivity contribution is 6.18. The Kier molecular flexibility index (Phi) is 6.74. The van der Waals surface area contributed by atoms with Crippen LogP contribution in [0.5, 0.6) is 0 Å². The van der Waals surface area contributed by atoms with Crippen LogP contribution >= 0.6 is 11.6 Å².